The van der Waals surface area contributed by atoms with Crippen molar-refractivity contribution in [1.82, 2.24) is 0 Å². The van der Waals surface area contributed by atoms with E-state index >= 15 is 0 Å². The van der Waals surface area contributed by atoms with Gasteiger partial charge in [-0.25, -0.2) is 0 Å². The van der Waals surface area contributed by atoms with E-state index in [4.69, 9.17) is 4.74 Å². The Balaban J connectivity index is 2.18. The molecule has 86 valence electrons. The van der Waals surface area contributed by atoms with Crippen LogP contribution in [0.15, 0.2) is 0 Å². The maximum absolute atomic E-state index is 11.8. The molecule has 2 aliphatic rings. The number of fused-ring (bicyclic) bond motifs is 2. The Bertz CT molecular complexity index is 280. The lowest BCUT2D eigenvalue weighted by Crippen LogP contribution is -2.27. The van der Waals surface area contributed by atoms with Crippen LogP contribution >= 0.6 is 0 Å². The lowest BCUT2D eigenvalue weighted by molar-refractivity contribution is -0.150. The topological polar surface area (TPSA) is 26.3 Å². The summed E-state index contributed by atoms with van der Waals surface area (Å²) in [4.78, 5) is 11.8. The highest BCUT2D eigenvalue weighted by atomic mass is 16.5. The molecule has 2 saturated carbocycles. The van der Waals surface area contributed by atoms with Crippen molar-refractivity contribution in [3.63, 3.8) is 0 Å². The van der Waals surface area contributed by atoms with Crippen LogP contribution in [-0.2, 0) is 9.53 Å². The van der Waals surface area contributed by atoms with Gasteiger partial charge in [0.05, 0.1) is 12.5 Å². The Morgan fingerprint density at radius 1 is 1.40 bits per heavy atom. The third kappa shape index (κ3) is 1.33. The fourth-order valence-electron chi connectivity index (χ4n) is 3.80. The van der Waals surface area contributed by atoms with Crippen molar-refractivity contribution < 1.29 is 9.53 Å². The first-order valence-corrected chi connectivity index (χ1v) is 6.09. The molecule has 2 heteroatoms. The van der Waals surface area contributed by atoms with Crippen LogP contribution in [0.3, 0.4) is 0 Å². The van der Waals surface area contributed by atoms with Crippen LogP contribution in [0.4, 0.5) is 0 Å². The molecule has 2 rings (SSSR count). The Morgan fingerprint density at radius 3 is 2.47 bits per heavy atom. The maximum Gasteiger partial charge on any atom is 0.309 e. The average Bonchev–Trinajstić information content (AvgIpc) is 2.49. The summed E-state index contributed by atoms with van der Waals surface area (Å²) in [5.74, 6) is 0.749. The van der Waals surface area contributed by atoms with Gasteiger partial charge in [-0.2, -0.15) is 0 Å². The van der Waals surface area contributed by atoms with Crippen molar-refractivity contribution in [3.8, 4) is 0 Å². The van der Waals surface area contributed by atoms with Crippen LogP contribution in [0.2, 0.25) is 0 Å². The number of hydrogen-bond acceptors (Lipinski definition) is 2. The van der Waals surface area contributed by atoms with Gasteiger partial charge in [0.1, 0.15) is 0 Å². The Labute approximate surface area is 92.4 Å². The predicted octanol–water partition coefficient (Wildman–Crippen LogP) is 3.01. The van der Waals surface area contributed by atoms with Crippen LogP contribution in [0.1, 0.15) is 47.0 Å². The predicted molar refractivity (Wildman–Crippen MR) is 59.4 cm³/mol. The minimum atomic E-state index is 0.0407. The quantitative estimate of drug-likeness (QED) is 0.655. The van der Waals surface area contributed by atoms with E-state index in [1.54, 1.807) is 0 Å². The van der Waals surface area contributed by atoms with Gasteiger partial charge in [0.15, 0.2) is 0 Å². The van der Waals surface area contributed by atoms with Crippen molar-refractivity contribution in [2.45, 2.75) is 47.0 Å². The molecule has 2 nitrogen and oxygen atoms in total. The Morgan fingerprint density at radius 2 is 2.07 bits per heavy atom. The smallest absolute Gasteiger partial charge is 0.309 e. The van der Waals surface area contributed by atoms with E-state index in [0.29, 0.717) is 23.4 Å². The summed E-state index contributed by atoms with van der Waals surface area (Å²) in [5.41, 5.74) is 0.666. The second kappa shape index (κ2) is 3.23. The normalized spacial score (nSPS) is 41.9. The number of esters is 1. The molecule has 0 amide bonds. The summed E-state index contributed by atoms with van der Waals surface area (Å²) in [6, 6.07) is 0. The van der Waals surface area contributed by atoms with Crippen molar-refractivity contribution >= 4 is 5.97 Å². The van der Waals surface area contributed by atoms with Crippen LogP contribution < -0.4 is 0 Å². The lowest BCUT2D eigenvalue weighted by Gasteiger charge is -2.34. The molecule has 2 aliphatic carbocycles. The van der Waals surface area contributed by atoms with E-state index in [9.17, 15) is 4.79 Å². The van der Waals surface area contributed by atoms with Gasteiger partial charge in [0, 0.05) is 0 Å². The highest BCUT2D eigenvalue weighted by molar-refractivity contribution is 5.74. The first-order valence-electron chi connectivity index (χ1n) is 6.09. The van der Waals surface area contributed by atoms with Crippen LogP contribution in [-0.4, -0.2) is 12.6 Å². The van der Waals surface area contributed by atoms with E-state index in [-0.39, 0.29) is 11.9 Å². The molecule has 2 bridgehead atoms. The monoisotopic (exact) mass is 210 g/mol. The number of carbonyl (C=O) groups is 1. The molecule has 2 fully saturated rings. The highest BCUT2D eigenvalue weighted by Crippen LogP contribution is 2.67. The third-order valence-electron chi connectivity index (χ3n) is 5.24. The standard InChI is InChI=1S/C13H22O2/c1-5-15-11(14)9-8-13(4)7-6-10(9)12(13,2)3/h9-10H,5-8H2,1-4H3/t9-,10-,13-/m1/s1. The second-order valence-corrected chi connectivity index (χ2v) is 5.99. The zero-order valence-corrected chi connectivity index (χ0v) is 10.3. The van der Waals surface area contributed by atoms with Crippen LogP contribution in [0.25, 0.3) is 0 Å². The second-order valence-electron chi connectivity index (χ2n) is 5.99. The lowest BCUT2D eigenvalue weighted by atomic mass is 9.71. The van der Waals surface area contributed by atoms with Crippen molar-refractivity contribution in [1.29, 1.82) is 0 Å². The molecule has 3 atom stereocenters. The molecule has 0 aromatic carbocycles. The summed E-state index contributed by atoms with van der Waals surface area (Å²) < 4.78 is 5.18. The molecule has 0 heterocycles. The van der Waals surface area contributed by atoms with Gasteiger partial charge in [0.25, 0.3) is 0 Å². The fraction of sp³-hybridized carbons (Fsp3) is 0.923. The average molecular weight is 210 g/mol. The molecule has 0 unspecified atom stereocenters. The molecule has 0 radical (unpaired) electrons. The third-order valence-corrected chi connectivity index (χ3v) is 5.24. The Kier molecular flexibility index (Phi) is 2.36. The molecule has 0 saturated heterocycles. The fourth-order valence-corrected chi connectivity index (χ4v) is 3.80. The molecule has 0 aromatic heterocycles. The van der Waals surface area contributed by atoms with E-state index in [1.165, 1.54) is 12.8 Å². The van der Waals surface area contributed by atoms with E-state index in [2.05, 4.69) is 20.8 Å². The molecule has 0 aromatic rings. The van der Waals surface area contributed by atoms with Gasteiger partial charge in [-0.15, -0.1) is 0 Å². The van der Waals surface area contributed by atoms with E-state index in [1.807, 2.05) is 6.92 Å². The van der Waals surface area contributed by atoms with Gasteiger partial charge in [-0.3, -0.25) is 4.79 Å². The van der Waals surface area contributed by atoms with E-state index < -0.39 is 0 Å². The molecule has 0 spiro atoms. The molecule has 15 heavy (non-hydrogen) atoms. The first kappa shape index (κ1) is 11.0. The number of ether oxygens (including phenoxy) is 1. The van der Waals surface area contributed by atoms with Gasteiger partial charge in [-0.05, 0) is 42.9 Å². The first-order chi connectivity index (χ1) is 6.92. The highest BCUT2D eigenvalue weighted by Gasteiger charge is 2.62. The number of hydrogen-bond donors (Lipinski definition) is 0. The Hall–Kier alpha value is -0.530. The zero-order valence-electron chi connectivity index (χ0n) is 10.3. The van der Waals surface area contributed by atoms with E-state index in [0.717, 1.165) is 6.42 Å². The largest absolute Gasteiger partial charge is 0.466 e. The van der Waals surface area contributed by atoms with Crippen LogP contribution in [0.5, 0.6) is 0 Å². The summed E-state index contributed by atoms with van der Waals surface area (Å²) in [5, 5.41) is 0. The summed E-state index contributed by atoms with van der Waals surface area (Å²) in [7, 11) is 0. The minimum absolute atomic E-state index is 0.0407. The SMILES string of the molecule is CCOC(=O)[C@@H]1C[C@@]2(C)CC[C@H]1C2(C)C. The molecular formula is C13H22O2. The molecular weight excluding hydrogens is 188 g/mol. The van der Waals surface area contributed by atoms with Crippen molar-refractivity contribution in [3.05, 3.63) is 0 Å². The maximum atomic E-state index is 11.8. The minimum Gasteiger partial charge on any atom is -0.466 e. The van der Waals surface area contributed by atoms with Crippen molar-refractivity contribution in [2.75, 3.05) is 6.61 Å². The summed E-state index contributed by atoms with van der Waals surface area (Å²) >= 11 is 0. The zero-order chi connectivity index (χ0) is 11.3. The summed E-state index contributed by atoms with van der Waals surface area (Å²) in [6.07, 6.45) is 3.51. The van der Waals surface area contributed by atoms with Crippen molar-refractivity contribution in [2.24, 2.45) is 22.7 Å². The molecule has 0 N–H and O–H groups in total. The summed E-state index contributed by atoms with van der Waals surface area (Å²) in [6.45, 7) is 9.39. The van der Waals surface area contributed by atoms with Gasteiger partial charge in [-0.1, -0.05) is 20.8 Å². The number of carbonyl (C=O) groups excluding carboxylic acids is 1. The van der Waals surface area contributed by atoms with Gasteiger partial charge >= 0.3 is 5.97 Å². The van der Waals surface area contributed by atoms with Crippen LogP contribution in [0, 0.1) is 22.7 Å². The van der Waals surface area contributed by atoms with Gasteiger partial charge < -0.3 is 4.74 Å². The molecule has 0 aliphatic heterocycles. The number of rotatable bonds is 2. The van der Waals surface area contributed by atoms with Gasteiger partial charge in [0.2, 0.25) is 0 Å².